The molecule has 2 N–H and O–H groups in total. The molecule has 18 heavy (non-hydrogen) atoms. The number of allylic oxidation sites excluding steroid dienone is 2. The molecule has 0 aromatic rings. The molecule has 0 atom stereocenters. The number of nitriles is 2. The van der Waals surface area contributed by atoms with Gasteiger partial charge in [-0.25, -0.2) is 0 Å². The first-order chi connectivity index (χ1) is 8.86. The third-order valence-corrected chi connectivity index (χ3v) is 2.00. The maximum atomic E-state index is 8.82. The molecule has 1 heterocycles. The van der Waals surface area contributed by atoms with Gasteiger partial charge in [0, 0.05) is 37.9 Å². The molecule has 1 aliphatic rings. The Labute approximate surface area is 106 Å². The Hall–Kier alpha value is -2.60. The number of aliphatic imine (C=N–C) groups is 2. The lowest BCUT2D eigenvalue weighted by molar-refractivity contribution is 0.835. The van der Waals surface area contributed by atoms with E-state index in [1.807, 2.05) is 12.1 Å². The lowest BCUT2D eigenvalue weighted by Gasteiger charge is -2.00. The predicted molar refractivity (Wildman–Crippen MR) is 70.1 cm³/mol. The Kier molecular flexibility index (Phi) is 6.39. The zero-order valence-corrected chi connectivity index (χ0v) is 9.93. The molecule has 0 aromatic heterocycles. The second-order valence-corrected chi connectivity index (χ2v) is 3.40. The van der Waals surface area contributed by atoms with E-state index in [2.05, 4.69) is 20.6 Å². The van der Waals surface area contributed by atoms with Crippen molar-refractivity contribution in [2.24, 2.45) is 9.98 Å². The minimum Gasteiger partial charge on any atom is -0.388 e. The highest BCUT2D eigenvalue weighted by molar-refractivity contribution is 5.84. The molecular weight excluding hydrogens is 228 g/mol. The Bertz CT molecular complexity index is 414. The van der Waals surface area contributed by atoms with Crippen LogP contribution in [0.3, 0.4) is 0 Å². The molecule has 0 bridgehead atoms. The molecule has 0 amide bonds. The number of hydrogen-bond acceptors (Lipinski definition) is 6. The Balaban J connectivity index is 2.66. The summed E-state index contributed by atoms with van der Waals surface area (Å²) < 4.78 is 0. The summed E-state index contributed by atoms with van der Waals surface area (Å²) in [6, 6.07) is 4.07. The number of hydrogen-bond donors (Lipinski definition) is 2. The number of rotatable bonds is 0. The monoisotopic (exact) mass is 242 g/mol. The molecular formula is C12H14N6. The molecule has 1 aliphatic heterocycles. The fourth-order valence-corrected chi connectivity index (χ4v) is 1.15. The van der Waals surface area contributed by atoms with E-state index in [-0.39, 0.29) is 0 Å². The van der Waals surface area contributed by atoms with E-state index >= 15 is 0 Å². The summed E-state index contributed by atoms with van der Waals surface area (Å²) >= 11 is 0. The van der Waals surface area contributed by atoms with Gasteiger partial charge >= 0.3 is 0 Å². The molecule has 0 saturated heterocycles. The second-order valence-electron chi connectivity index (χ2n) is 3.40. The molecule has 0 spiro atoms. The minimum atomic E-state index is 0.476. The first kappa shape index (κ1) is 13.5. The van der Waals surface area contributed by atoms with Crippen molar-refractivity contribution in [3.05, 3.63) is 23.5 Å². The van der Waals surface area contributed by atoms with Crippen molar-refractivity contribution in [3.8, 4) is 12.1 Å². The third-order valence-electron chi connectivity index (χ3n) is 2.00. The van der Waals surface area contributed by atoms with Gasteiger partial charge in [0.25, 0.3) is 0 Å². The van der Waals surface area contributed by atoms with Crippen LogP contribution in [0.1, 0.15) is 0 Å². The summed E-state index contributed by atoms with van der Waals surface area (Å²) in [7, 11) is 0. The first-order valence-corrected chi connectivity index (χ1v) is 5.54. The van der Waals surface area contributed by atoms with E-state index in [0.717, 1.165) is 0 Å². The molecule has 0 aromatic carbocycles. The van der Waals surface area contributed by atoms with Crippen molar-refractivity contribution in [3.63, 3.8) is 0 Å². The largest absolute Gasteiger partial charge is 0.388 e. The molecule has 6 heteroatoms. The molecule has 0 fully saturated rings. The average Bonchev–Trinajstić information content (AvgIpc) is 2.41. The standard InChI is InChI=1S/C12H14N6/c13-5-11-7-15-1-2-16-8-12(6-14)10-18-4-3-17-9-11/h7-10,15,18H,1-4H2/b11-7-,12-10-,16-8?,17-9?. The van der Waals surface area contributed by atoms with Crippen LogP contribution in [-0.2, 0) is 0 Å². The van der Waals surface area contributed by atoms with E-state index in [9.17, 15) is 0 Å². The van der Waals surface area contributed by atoms with Gasteiger partial charge in [-0.05, 0) is 0 Å². The SMILES string of the molecule is N#C/C1=C/NCCN=C/C(C#N)=C\NCCN=C1. The van der Waals surface area contributed by atoms with Crippen LogP contribution in [0.25, 0.3) is 0 Å². The van der Waals surface area contributed by atoms with Crippen molar-refractivity contribution < 1.29 is 0 Å². The van der Waals surface area contributed by atoms with Crippen LogP contribution in [0.4, 0.5) is 0 Å². The molecule has 0 aliphatic carbocycles. The lowest BCUT2D eigenvalue weighted by atomic mass is 10.3. The fourth-order valence-electron chi connectivity index (χ4n) is 1.15. The smallest absolute Gasteiger partial charge is 0.102 e. The molecule has 1 rings (SSSR count). The van der Waals surface area contributed by atoms with Crippen molar-refractivity contribution in [1.29, 1.82) is 10.5 Å². The van der Waals surface area contributed by atoms with Gasteiger partial charge in [0.1, 0.15) is 12.1 Å². The zero-order valence-electron chi connectivity index (χ0n) is 9.93. The summed E-state index contributed by atoms with van der Waals surface area (Å²) in [5, 5.41) is 23.6. The van der Waals surface area contributed by atoms with E-state index in [4.69, 9.17) is 10.5 Å². The number of nitrogens with one attached hydrogen (secondary N) is 2. The highest BCUT2D eigenvalue weighted by Gasteiger charge is 1.92. The summed E-state index contributed by atoms with van der Waals surface area (Å²) in [5.41, 5.74) is 0.952. The van der Waals surface area contributed by atoms with Gasteiger partial charge in [-0.15, -0.1) is 0 Å². The van der Waals surface area contributed by atoms with E-state index in [0.29, 0.717) is 37.3 Å². The van der Waals surface area contributed by atoms with Gasteiger partial charge in [0.15, 0.2) is 0 Å². The van der Waals surface area contributed by atoms with Crippen molar-refractivity contribution in [2.75, 3.05) is 26.2 Å². The summed E-state index contributed by atoms with van der Waals surface area (Å²) in [5.74, 6) is 0. The van der Waals surface area contributed by atoms with Crippen molar-refractivity contribution in [1.82, 2.24) is 10.6 Å². The van der Waals surface area contributed by atoms with E-state index in [1.165, 1.54) is 12.4 Å². The highest BCUT2D eigenvalue weighted by atomic mass is 14.9. The topological polar surface area (TPSA) is 96.4 Å². The Morgan fingerprint density at radius 1 is 0.889 bits per heavy atom. The van der Waals surface area contributed by atoms with Crippen LogP contribution in [0.15, 0.2) is 33.5 Å². The fraction of sp³-hybridized carbons (Fsp3) is 0.333. The van der Waals surface area contributed by atoms with Gasteiger partial charge < -0.3 is 10.6 Å². The zero-order chi connectivity index (χ0) is 13.1. The number of nitrogens with zero attached hydrogens (tertiary/aromatic N) is 4. The van der Waals surface area contributed by atoms with Crippen LogP contribution < -0.4 is 10.6 Å². The average molecular weight is 242 g/mol. The van der Waals surface area contributed by atoms with Crippen LogP contribution in [0.5, 0.6) is 0 Å². The van der Waals surface area contributed by atoms with Crippen molar-refractivity contribution in [2.45, 2.75) is 0 Å². The molecule has 0 radical (unpaired) electrons. The minimum absolute atomic E-state index is 0.476. The van der Waals surface area contributed by atoms with E-state index in [1.54, 1.807) is 12.4 Å². The first-order valence-electron chi connectivity index (χ1n) is 5.54. The molecule has 6 nitrogen and oxygen atoms in total. The van der Waals surface area contributed by atoms with E-state index < -0.39 is 0 Å². The van der Waals surface area contributed by atoms with Crippen molar-refractivity contribution >= 4 is 12.4 Å². The van der Waals surface area contributed by atoms with Gasteiger partial charge in [-0.1, -0.05) is 0 Å². The molecule has 92 valence electrons. The molecule has 0 unspecified atom stereocenters. The Morgan fingerprint density at radius 3 is 1.72 bits per heavy atom. The molecule has 0 saturated carbocycles. The third kappa shape index (κ3) is 5.47. The highest BCUT2D eigenvalue weighted by Crippen LogP contribution is 1.88. The summed E-state index contributed by atoms with van der Waals surface area (Å²) in [6.07, 6.45) is 6.27. The Morgan fingerprint density at radius 2 is 1.33 bits per heavy atom. The second kappa shape index (κ2) is 8.54. The normalized spacial score (nSPS) is 22.8. The summed E-state index contributed by atoms with van der Waals surface area (Å²) in [6.45, 7) is 2.26. The maximum absolute atomic E-state index is 8.82. The lowest BCUT2D eigenvalue weighted by Crippen LogP contribution is -2.14. The van der Waals surface area contributed by atoms with Crippen LogP contribution in [0.2, 0.25) is 0 Å². The van der Waals surface area contributed by atoms with Gasteiger partial charge in [-0.2, -0.15) is 10.5 Å². The van der Waals surface area contributed by atoms with Crippen LogP contribution in [0, 0.1) is 22.7 Å². The maximum Gasteiger partial charge on any atom is 0.102 e. The summed E-state index contributed by atoms with van der Waals surface area (Å²) in [4.78, 5) is 8.20. The van der Waals surface area contributed by atoms with Crippen LogP contribution in [-0.4, -0.2) is 38.6 Å². The van der Waals surface area contributed by atoms with Crippen LogP contribution >= 0.6 is 0 Å². The van der Waals surface area contributed by atoms with Gasteiger partial charge in [-0.3, -0.25) is 9.98 Å². The predicted octanol–water partition coefficient (Wildman–Crippen LogP) is 0.136. The van der Waals surface area contributed by atoms with Gasteiger partial charge in [0.2, 0.25) is 0 Å². The van der Waals surface area contributed by atoms with Gasteiger partial charge in [0.05, 0.1) is 24.2 Å². The quantitative estimate of drug-likeness (QED) is 0.631.